The number of carbonyl (C=O) groups excluding carboxylic acids is 1. The van der Waals surface area contributed by atoms with Crippen molar-refractivity contribution in [3.05, 3.63) is 24.3 Å². The molecule has 2 rings (SSSR count). The zero-order chi connectivity index (χ0) is 13.0. The fraction of sp³-hybridized carbons (Fsp3) is 0.455. The number of amides is 1. The molecule has 1 heterocycles. The van der Waals surface area contributed by atoms with Crippen molar-refractivity contribution in [3.63, 3.8) is 0 Å². The number of carbonyl (C=O) groups is 1. The molecular weight excluding hydrogens is 234 g/mol. The maximum absolute atomic E-state index is 12.1. The van der Waals surface area contributed by atoms with E-state index in [1.54, 1.807) is 12.3 Å². The quantitative estimate of drug-likeness (QED) is 0.301. The average molecular weight is 249 g/mol. The Morgan fingerprint density at radius 3 is 2.89 bits per heavy atom. The van der Waals surface area contributed by atoms with Gasteiger partial charge in [0, 0.05) is 6.20 Å². The van der Waals surface area contributed by atoms with Crippen molar-refractivity contribution >= 4 is 11.7 Å². The summed E-state index contributed by atoms with van der Waals surface area (Å²) in [6.45, 7) is 0.307. The van der Waals surface area contributed by atoms with E-state index in [1.165, 1.54) is 6.33 Å². The third-order valence-electron chi connectivity index (χ3n) is 3.31. The number of hydrogen-bond acceptors (Lipinski definition) is 5. The van der Waals surface area contributed by atoms with Crippen molar-refractivity contribution in [3.8, 4) is 0 Å². The molecule has 0 saturated heterocycles. The number of aromatic nitrogens is 2. The first-order valence-electron chi connectivity index (χ1n) is 5.70. The first kappa shape index (κ1) is 12.3. The van der Waals surface area contributed by atoms with Gasteiger partial charge in [-0.1, -0.05) is 11.6 Å². The zero-order valence-electron chi connectivity index (χ0n) is 9.83. The van der Waals surface area contributed by atoms with Crippen LogP contribution in [0.15, 0.2) is 23.7 Å². The predicted octanol–water partition coefficient (Wildman–Crippen LogP) is 0.00950. The predicted molar refractivity (Wildman–Crippen MR) is 63.6 cm³/mol. The lowest BCUT2D eigenvalue weighted by Gasteiger charge is -2.38. The number of nitrogens with zero attached hydrogens (tertiary/aromatic N) is 3. The van der Waals surface area contributed by atoms with Crippen LogP contribution in [-0.4, -0.2) is 26.9 Å². The fourth-order valence-electron chi connectivity index (χ4n) is 1.99. The van der Waals surface area contributed by atoms with E-state index in [9.17, 15) is 4.79 Å². The number of hydrogen-bond donors (Lipinski definition) is 3. The van der Waals surface area contributed by atoms with Gasteiger partial charge in [-0.15, -0.1) is 0 Å². The Bertz CT molecular complexity index is 456. The Labute approximate surface area is 104 Å². The lowest BCUT2D eigenvalue weighted by atomic mass is 9.67. The normalized spacial score (nSPS) is 17.9. The molecule has 0 spiro atoms. The van der Waals surface area contributed by atoms with Gasteiger partial charge in [0.05, 0.1) is 12.2 Å². The summed E-state index contributed by atoms with van der Waals surface area (Å²) < 4.78 is 0. The molecule has 0 aliphatic heterocycles. The average Bonchev–Trinajstić information content (AvgIpc) is 2.36. The van der Waals surface area contributed by atoms with E-state index >= 15 is 0 Å². The monoisotopic (exact) mass is 249 g/mol. The number of amidine groups is 1. The molecule has 7 nitrogen and oxygen atoms in total. The smallest absolute Gasteiger partial charge is 0.234 e. The highest BCUT2D eigenvalue weighted by Crippen LogP contribution is 2.41. The van der Waals surface area contributed by atoms with Gasteiger partial charge in [-0.25, -0.2) is 9.97 Å². The molecule has 4 N–H and O–H groups in total. The van der Waals surface area contributed by atoms with Crippen molar-refractivity contribution in [2.24, 2.45) is 16.3 Å². The van der Waals surface area contributed by atoms with E-state index in [0.29, 0.717) is 25.1 Å². The lowest BCUT2D eigenvalue weighted by molar-refractivity contribution is -0.131. The number of nitrogens with one attached hydrogen (secondary N) is 1. The maximum Gasteiger partial charge on any atom is 0.234 e. The standard InChI is InChI=1S/C11H15N5O2/c12-9(16-18)11(3-1-4-11)10(17)14-6-8-2-5-13-7-15-8/h2,5,7,18H,1,3-4,6H2,(H2,12,16)(H,14,17). The van der Waals surface area contributed by atoms with Crippen molar-refractivity contribution in [1.29, 1.82) is 0 Å². The summed E-state index contributed by atoms with van der Waals surface area (Å²) in [6.07, 6.45) is 5.15. The second-order valence-electron chi connectivity index (χ2n) is 4.30. The number of oxime groups is 1. The van der Waals surface area contributed by atoms with Crippen molar-refractivity contribution < 1.29 is 10.0 Å². The SMILES string of the molecule is N/C(=N/O)C1(C(=O)NCc2ccncn2)CCC1. The van der Waals surface area contributed by atoms with Crippen LogP contribution in [0.2, 0.25) is 0 Å². The fourth-order valence-corrected chi connectivity index (χ4v) is 1.99. The zero-order valence-corrected chi connectivity index (χ0v) is 9.83. The van der Waals surface area contributed by atoms with Crippen LogP contribution in [0.4, 0.5) is 0 Å². The second-order valence-corrected chi connectivity index (χ2v) is 4.30. The maximum atomic E-state index is 12.1. The van der Waals surface area contributed by atoms with Crippen molar-refractivity contribution in [2.75, 3.05) is 0 Å². The summed E-state index contributed by atoms with van der Waals surface area (Å²) in [5.41, 5.74) is 5.47. The molecule has 1 saturated carbocycles. The number of nitrogens with two attached hydrogens (primary N) is 1. The molecule has 1 aromatic heterocycles. The lowest BCUT2D eigenvalue weighted by Crippen LogP contribution is -2.53. The van der Waals surface area contributed by atoms with Gasteiger partial charge in [-0.2, -0.15) is 0 Å². The highest BCUT2D eigenvalue weighted by Gasteiger charge is 2.48. The van der Waals surface area contributed by atoms with Crippen LogP contribution >= 0.6 is 0 Å². The highest BCUT2D eigenvalue weighted by molar-refractivity contribution is 6.07. The molecule has 0 atom stereocenters. The minimum absolute atomic E-state index is 0.0195. The first-order valence-corrected chi connectivity index (χ1v) is 5.70. The van der Waals surface area contributed by atoms with E-state index < -0.39 is 5.41 Å². The molecule has 1 aliphatic carbocycles. The van der Waals surface area contributed by atoms with Gasteiger partial charge in [-0.3, -0.25) is 4.79 Å². The largest absolute Gasteiger partial charge is 0.409 e. The minimum Gasteiger partial charge on any atom is -0.409 e. The Morgan fingerprint density at radius 2 is 2.39 bits per heavy atom. The van der Waals surface area contributed by atoms with Crippen molar-refractivity contribution in [1.82, 2.24) is 15.3 Å². The Kier molecular flexibility index (Phi) is 3.40. The van der Waals surface area contributed by atoms with Crippen LogP contribution in [0, 0.1) is 5.41 Å². The molecule has 96 valence electrons. The van der Waals surface area contributed by atoms with E-state index in [1.807, 2.05) is 0 Å². The molecule has 18 heavy (non-hydrogen) atoms. The summed E-state index contributed by atoms with van der Waals surface area (Å²) in [4.78, 5) is 19.9. The van der Waals surface area contributed by atoms with Crippen molar-refractivity contribution in [2.45, 2.75) is 25.8 Å². The van der Waals surface area contributed by atoms with Gasteiger partial charge < -0.3 is 16.3 Å². The van der Waals surface area contributed by atoms with Gasteiger partial charge in [0.1, 0.15) is 11.7 Å². The Balaban J connectivity index is 1.99. The molecular formula is C11H15N5O2. The van der Waals surface area contributed by atoms with E-state index in [0.717, 1.165) is 6.42 Å². The summed E-state index contributed by atoms with van der Waals surface area (Å²) >= 11 is 0. The third-order valence-corrected chi connectivity index (χ3v) is 3.31. The molecule has 1 aromatic rings. The van der Waals surface area contributed by atoms with Gasteiger partial charge in [0.15, 0.2) is 5.84 Å². The van der Waals surface area contributed by atoms with E-state index in [-0.39, 0.29) is 11.7 Å². The molecule has 0 aromatic carbocycles. The molecule has 7 heteroatoms. The molecule has 0 unspecified atom stereocenters. The first-order chi connectivity index (χ1) is 8.69. The molecule has 0 radical (unpaired) electrons. The second kappa shape index (κ2) is 4.99. The topological polar surface area (TPSA) is 113 Å². The summed E-state index contributed by atoms with van der Waals surface area (Å²) in [6, 6.07) is 1.72. The van der Waals surface area contributed by atoms with Crippen LogP contribution in [-0.2, 0) is 11.3 Å². The summed E-state index contributed by atoms with van der Waals surface area (Å²) in [5.74, 6) is -0.239. The third kappa shape index (κ3) is 2.11. The van der Waals surface area contributed by atoms with Gasteiger partial charge >= 0.3 is 0 Å². The highest BCUT2D eigenvalue weighted by atomic mass is 16.4. The Hall–Kier alpha value is -2.18. The summed E-state index contributed by atoms with van der Waals surface area (Å²) in [5, 5.41) is 14.5. The van der Waals surface area contributed by atoms with E-state index in [4.69, 9.17) is 10.9 Å². The minimum atomic E-state index is -0.845. The summed E-state index contributed by atoms with van der Waals surface area (Å²) in [7, 11) is 0. The molecule has 0 bridgehead atoms. The van der Waals surface area contributed by atoms with Crippen LogP contribution in [0.25, 0.3) is 0 Å². The Morgan fingerprint density at radius 1 is 1.61 bits per heavy atom. The molecule has 1 amide bonds. The van der Waals surface area contributed by atoms with Gasteiger partial charge in [-0.05, 0) is 18.9 Å². The van der Waals surface area contributed by atoms with Gasteiger partial charge in [0.25, 0.3) is 0 Å². The van der Waals surface area contributed by atoms with Crippen LogP contribution in [0.1, 0.15) is 25.0 Å². The number of rotatable bonds is 4. The van der Waals surface area contributed by atoms with Crippen LogP contribution in [0.5, 0.6) is 0 Å². The van der Waals surface area contributed by atoms with Crippen LogP contribution in [0.3, 0.4) is 0 Å². The molecule has 1 aliphatic rings. The van der Waals surface area contributed by atoms with Gasteiger partial charge in [0.2, 0.25) is 5.91 Å². The molecule has 1 fully saturated rings. The van der Waals surface area contributed by atoms with Crippen LogP contribution < -0.4 is 11.1 Å². The van der Waals surface area contributed by atoms with E-state index in [2.05, 4.69) is 20.4 Å².